The molecular weight excluding hydrogens is 344 g/mol. The Morgan fingerprint density at radius 3 is 2.62 bits per heavy atom. The van der Waals surface area contributed by atoms with Crippen LogP contribution in [0.25, 0.3) is 0 Å². The summed E-state index contributed by atoms with van der Waals surface area (Å²) < 4.78 is 0. The molecule has 1 N–H and O–H groups in total. The molecule has 126 valence electrons. The number of hydrogen-bond donors (Lipinski definition) is 1. The van der Waals surface area contributed by atoms with Gasteiger partial charge < -0.3 is 10.2 Å². The number of thiophene rings is 1. The Hall–Kier alpha value is -1.85. The van der Waals surface area contributed by atoms with Crippen molar-refractivity contribution in [1.29, 1.82) is 0 Å². The molecule has 0 radical (unpaired) electrons. The summed E-state index contributed by atoms with van der Waals surface area (Å²) in [7, 11) is 3.51. The lowest BCUT2D eigenvalue weighted by molar-refractivity contribution is -0.120. The quantitative estimate of drug-likeness (QED) is 0.901. The third-order valence-corrected chi connectivity index (χ3v) is 5.66. The third-order valence-electron chi connectivity index (χ3n) is 4.18. The van der Waals surface area contributed by atoms with E-state index in [9.17, 15) is 9.59 Å². The first-order valence-corrected chi connectivity index (χ1v) is 9.03. The first-order valence-electron chi connectivity index (χ1n) is 7.83. The fourth-order valence-electron chi connectivity index (χ4n) is 2.85. The highest BCUT2D eigenvalue weighted by Gasteiger charge is 2.27. The second-order valence-corrected chi connectivity index (χ2v) is 7.77. The molecule has 0 bridgehead atoms. The smallest absolute Gasteiger partial charge is 0.263 e. The maximum Gasteiger partial charge on any atom is 0.263 e. The molecule has 0 fully saturated rings. The van der Waals surface area contributed by atoms with E-state index in [2.05, 4.69) is 5.32 Å². The molecule has 24 heavy (non-hydrogen) atoms. The highest BCUT2D eigenvalue weighted by atomic mass is 35.5. The van der Waals surface area contributed by atoms with Crippen LogP contribution in [0.1, 0.15) is 26.5 Å². The fraction of sp³-hybridized carbons (Fsp3) is 0.333. The number of benzene rings is 1. The molecule has 0 unspecified atom stereocenters. The molecule has 2 aromatic rings. The zero-order chi connectivity index (χ0) is 17.3. The Balaban J connectivity index is 1.69. The molecular formula is C18H19ClN2O2S. The number of nitrogens with one attached hydrogen (secondary N) is 1. The van der Waals surface area contributed by atoms with Gasteiger partial charge in [-0.3, -0.25) is 9.59 Å². The molecule has 1 aliphatic rings. The van der Waals surface area contributed by atoms with E-state index in [1.165, 1.54) is 4.88 Å². The number of aryl methyl sites for hydroxylation is 1. The van der Waals surface area contributed by atoms with E-state index >= 15 is 0 Å². The van der Waals surface area contributed by atoms with Crippen LogP contribution in [-0.2, 0) is 17.6 Å². The first kappa shape index (κ1) is 17.0. The Morgan fingerprint density at radius 2 is 1.96 bits per heavy atom. The van der Waals surface area contributed by atoms with Crippen molar-refractivity contribution in [2.75, 3.05) is 19.4 Å². The molecule has 0 aliphatic heterocycles. The minimum absolute atomic E-state index is 0.0228. The van der Waals surface area contributed by atoms with Gasteiger partial charge in [0.25, 0.3) is 5.91 Å². The number of rotatable bonds is 3. The topological polar surface area (TPSA) is 49.4 Å². The number of hydrogen-bond acceptors (Lipinski definition) is 3. The van der Waals surface area contributed by atoms with E-state index in [1.54, 1.807) is 54.6 Å². The highest BCUT2D eigenvalue weighted by molar-refractivity contribution is 7.14. The van der Waals surface area contributed by atoms with Crippen LogP contribution >= 0.6 is 22.9 Å². The molecule has 1 aromatic heterocycles. The molecule has 1 heterocycles. The normalized spacial score (nSPS) is 16.4. The summed E-state index contributed by atoms with van der Waals surface area (Å²) in [4.78, 5) is 28.2. The van der Waals surface area contributed by atoms with E-state index in [-0.39, 0.29) is 17.7 Å². The Bertz CT molecular complexity index is 768. The number of amides is 2. The average molecular weight is 363 g/mol. The van der Waals surface area contributed by atoms with Crippen molar-refractivity contribution >= 4 is 40.4 Å². The summed E-state index contributed by atoms with van der Waals surface area (Å²) in [5, 5.41) is 3.59. The van der Waals surface area contributed by atoms with Crippen molar-refractivity contribution in [1.82, 2.24) is 4.90 Å². The van der Waals surface area contributed by atoms with Crippen molar-refractivity contribution in [3.63, 3.8) is 0 Å². The minimum atomic E-state index is -0.0647. The number of anilines is 1. The van der Waals surface area contributed by atoms with Gasteiger partial charge in [-0.15, -0.1) is 11.3 Å². The lowest BCUT2D eigenvalue weighted by Crippen LogP contribution is -2.27. The minimum Gasteiger partial charge on any atom is -0.344 e. The van der Waals surface area contributed by atoms with Crippen LogP contribution in [0.3, 0.4) is 0 Å². The number of carbonyl (C=O) groups excluding carboxylic acids is 2. The largest absolute Gasteiger partial charge is 0.344 e. The Kier molecular flexibility index (Phi) is 4.92. The zero-order valence-corrected chi connectivity index (χ0v) is 15.2. The Morgan fingerprint density at radius 1 is 1.25 bits per heavy atom. The molecule has 1 atom stereocenters. The maximum absolute atomic E-state index is 12.5. The lowest BCUT2D eigenvalue weighted by atomic mass is 9.87. The van der Waals surface area contributed by atoms with Crippen LogP contribution in [0.5, 0.6) is 0 Å². The molecule has 0 saturated heterocycles. The van der Waals surface area contributed by atoms with Crippen molar-refractivity contribution in [3.8, 4) is 0 Å². The summed E-state index contributed by atoms with van der Waals surface area (Å²) in [6.45, 7) is 0. The summed E-state index contributed by atoms with van der Waals surface area (Å²) >= 11 is 7.41. The van der Waals surface area contributed by atoms with Crippen LogP contribution in [0.2, 0.25) is 5.02 Å². The molecule has 1 aliphatic carbocycles. The van der Waals surface area contributed by atoms with Crippen molar-refractivity contribution in [2.24, 2.45) is 5.92 Å². The molecule has 0 spiro atoms. The standard InChI is InChI=1S/C18H19ClN2O2S/c1-21(2)18(23)16-10-12-9-11(3-8-15(12)24-16)17(22)20-14-6-4-13(19)5-7-14/h4-7,10-11H,3,8-9H2,1-2H3,(H,20,22)/t11-/m1/s1. The van der Waals surface area contributed by atoms with E-state index in [0.717, 1.165) is 29.0 Å². The number of carbonyl (C=O) groups is 2. The second-order valence-electron chi connectivity index (χ2n) is 6.19. The van der Waals surface area contributed by atoms with Gasteiger partial charge in [0, 0.05) is 35.6 Å². The molecule has 2 amide bonds. The second kappa shape index (κ2) is 6.95. The maximum atomic E-state index is 12.5. The van der Waals surface area contributed by atoms with Crippen LogP contribution < -0.4 is 5.32 Å². The SMILES string of the molecule is CN(C)C(=O)c1cc2c(s1)CC[C@@H](C(=O)Nc1ccc(Cl)cc1)C2. The van der Waals surface area contributed by atoms with Gasteiger partial charge in [0.1, 0.15) is 0 Å². The number of fused-ring (bicyclic) bond motifs is 1. The Labute approximate surface area is 150 Å². The van der Waals surface area contributed by atoms with Crippen molar-refractivity contribution in [3.05, 3.63) is 50.7 Å². The van der Waals surface area contributed by atoms with Crippen LogP contribution in [0.15, 0.2) is 30.3 Å². The molecule has 6 heteroatoms. The van der Waals surface area contributed by atoms with Gasteiger partial charge in [-0.1, -0.05) is 11.6 Å². The average Bonchev–Trinajstić information content (AvgIpc) is 2.99. The molecule has 3 rings (SSSR count). The summed E-state index contributed by atoms with van der Waals surface area (Å²) in [6, 6.07) is 9.06. The van der Waals surface area contributed by atoms with Crippen LogP contribution in [0.4, 0.5) is 5.69 Å². The van der Waals surface area contributed by atoms with Crippen molar-refractivity contribution in [2.45, 2.75) is 19.3 Å². The van der Waals surface area contributed by atoms with Gasteiger partial charge in [0.2, 0.25) is 5.91 Å². The van der Waals surface area contributed by atoms with E-state index < -0.39 is 0 Å². The number of halogens is 1. The third kappa shape index (κ3) is 3.62. The van der Waals surface area contributed by atoms with Crippen LogP contribution in [-0.4, -0.2) is 30.8 Å². The van der Waals surface area contributed by atoms with Gasteiger partial charge in [-0.2, -0.15) is 0 Å². The molecule has 1 aromatic carbocycles. The highest BCUT2D eigenvalue weighted by Crippen LogP contribution is 2.33. The summed E-state index contributed by atoms with van der Waals surface area (Å²) in [6.07, 6.45) is 2.34. The lowest BCUT2D eigenvalue weighted by Gasteiger charge is -2.21. The fourth-order valence-corrected chi connectivity index (χ4v) is 4.21. The van der Waals surface area contributed by atoms with Gasteiger partial charge in [-0.05, 0) is 55.2 Å². The monoisotopic (exact) mass is 362 g/mol. The predicted molar refractivity (Wildman–Crippen MR) is 97.9 cm³/mol. The predicted octanol–water partition coefficient (Wildman–Crippen LogP) is 3.85. The first-order chi connectivity index (χ1) is 11.4. The van der Waals surface area contributed by atoms with Crippen LogP contribution in [0, 0.1) is 5.92 Å². The molecule has 0 saturated carbocycles. The van der Waals surface area contributed by atoms with Gasteiger partial charge in [0.15, 0.2) is 0 Å². The van der Waals surface area contributed by atoms with Gasteiger partial charge >= 0.3 is 0 Å². The van der Waals surface area contributed by atoms with Gasteiger partial charge in [0.05, 0.1) is 4.88 Å². The summed E-state index contributed by atoms with van der Waals surface area (Å²) in [5.74, 6) is -0.0173. The van der Waals surface area contributed by atoms with E-state index in [4.69, 9.17) is 11.6 Å². The van der Waals surface area contributed by atoms with Crippen molar-refractivity contribution < 1.29 is 9.59 Å². The molecule has 4 nitrogen and oxygen atoms in total. The summed E-state index contributed by atoms with van der Waals surface area (Å²) in [5.41, 5.74) is 1.89. The van der Waals surface area contributed by atoms with Gasteiger partial charge in [-0.25, -0.2) is 0 Å². The van der Waals surface area contributed by atoms with E-state index in [1.807, 2.05) is 6.07 Å². The van der Waals surface area contributed by atoms with E-state index in [0.29, 0.717) is 11.4 Å². The number of nitrogens with zero attached hydrogens (tertiary/aromatic N) is 1. The zero-order valence-electron chi connectivity index (χ0n) is 13.6.